The van der Waals surface area contributed by atoms with Gasteiger partial charge in [-0.05, 0) is 68.4 Å². The number of amides is 1. The van der Waals surface area contributed by atoms with Crippen molar-refractivity contribution in [2.45, 2.75) is 13.8 Å². The standard InChI is InChI=1S/C22H23FN4O/c1-3-27(4-2)20-11-8-18(9-12-20)25-21-13-10-19(15-24-21)26-22(28)16-6-5-7-17(23)14-16/h5-15H,3-4H2,1-2H3,(H,24,25)(H,26,28). The molecule has 2 N–H and O–H groups in total. The van der Waals surface area contributed by atoms with E-state index in [-0.39, 0.29) is 11.5 Å². The summed E-state index contributed by atoms with van der Waals surface area (Å²) in [5.74, 6) is -0.161. The van der Waals surface area contributed by atoms with Gasteiger partial charge in [0.25, 0.3) is 5.91 Å². The number of hydrogen-bond acceptors (Lipinski definition) is 4. The highest BCUT2D eigenvalue weighted by Crippen LogP contribution is 2.21. The summed E-state index contributed by atoms with van der Waals surface area (Å²) in [5, 5.41) is 5.94. The van der Waals surface area contributed by atoms with E-state index in [1.54, 1.807) is 24.4 Å². The van der Waals surface area contributed by atoms with Crippen molar-refractivity contribution in [3.63, 3.8) is 0 Å². The van der Waals surface area contributed by atoms with Crippen LogP contribution < -0.4 is 15.5 Å². The maximum absolute atomic E-state index is 13.2. The maximum atomic E-state index is 13.2. The van der Waals surface area contributed by atoms with Crippen LogP contribution >= 0.6 is 0 Å². The van der Waals surface area contributed by atoms with Crippen LogP contribution in [0.15, 0.2) is 66.9 Å². The van der Waals surface area contributed by atoms with Crippen LogP contribution in [0.4, 0.5) is 27.3 Å². The second-order valence-electron chi connectivity index (χ2n) is 6.24. The van der Waals surface area contributed by atoms with Crippen LogP contribution in [0.25, 0.3) is 0 Å². The minimum atomic E-state index is -0.447. The molecule has 28 heavy (non-hydrogen) atoms. The number of rotatable bonds is 7. The van der Waals surface area contributed by atoms with Gasteiger partial charge >= 0.3 is 0 Å². The SMILES string of the molecule is CCN(CC)c1ccc(Nc2ccc(NC(=O)c3cccc(F)c3)cn2)cc1. The Bertz CT molecular complexity index is 922. The van der Waals surface area contributed by atoms with Gasteiger partial charge in [-0.1, -0.05) is 6.07 Å². The number of benzene rings is 2. The van der Waals surface area contributed by atoms with Gasteiger partial charge < -0.3 is 15.5 Å². The van der Waals surface area contributed by atoms with Gasteiger partial charge in [0, 0.05) is 30.0 Å². The van der Waals surface area contributed by atoms with E-state index < -0.39 is 5.82 Å². The number of aromatic nitrogens is 1. The summed E-state index contributed by atoms with van der Waals surface area (Å²) in [5.41, 5.74) is 2.91. The minimum Gasteiger partial charge on any atom is -0.372 e. The van der Waals surface area contributed by atoms with E-state index in [0.29, 0.717) is 11.5 Å². The van der Waals surface area contributed by atoms with Crippen molar-refractivity contribution in [3.8, 4) is 0 Å². The van der Waals surface area contributed by atoms with Gasteiger partial charge in [-0.15, -0.1) is 0 Å². The molecule has 0 bridgehead atoms. The summed E-state index contributed by atoms with van der Waals surface area (Å²) in [7, 11) is 0. The summed E-state index contributed by atoms with van der Waals surface area (Å²) in [6.07, 6.45) is 1.56. The molecule has 0 aliphatic heterocycles. The molecular formula is C22H23FN4O. The lowest BCUT2D eigenvalue weighted by atomic mass is 10.2. The van der Waals surface area contributed by atoms with E-state index in [1.807, 2.05) is 12.1 Å². The zero-order valence-electron chi connectivity index (χ0n) is 15.9. The third-order valence-corrected chi connectivity index (χ3v) is 4.38. The number of hydrogen-bond donors (Lipinski definition) is 2. The summed E-state index contributed by atoms with van der Waals surface area (Å²) < 4.78 is 13.2. The van der Waals surface area contributed by atoms with Crippen molar-refractivity contribution in [3.05, 3.63) is 78.2 Å². The minimum absolute atomic E-state index is 0.260. The molecule has 0 aliphatic rings. The van der Waals surface area contributed by atoms with Crippen molar-refractivity contribution in [1.82, 2.24) is 4.98 Å². The Labute approximate surface area is 164 Å². The molecule has 3 rings (SSSR count). The molecule has 0 saturated heterocycles. The fourth-order valence-corrected chi connectivity index (χ4v) is 2.87. The van der Waals surface area contributed by atoms with E-state index in [9.17, 15) is 9.18 Å². The number of halogens is 1. The molecular weight excluding hydrogens is 355 g/mol. The first-order valence-electron chi connectivity index (χ1n) is 9.24. The fourth-order valence-electron chi connectivity index (χ4n) is 2.87. The number of nitrogens with one attached hydrogen (secondary N) is 2. The van der Waals surface area contributed by atoms with E-state index in [2.05, 4.69) is 46.5 Å². The Morgan fingerprint density at radius 1 is 1.00 bits per heavy atom. The lowest BCUT2D eigenvalue weighted by Crippen LogP contribution is -2.21. The van der Waals surface area contributed by atoms with E-state index >= 15 is 0 Å². The first-order valence-corrected chi connectivity index (χ1v) is 9.24. The van der Waals surface area contributed by atoms with Crippen LogP contribution in [-0.4, -0.2) is 24.0 Å². The lowest BCUT2D eigenvalue weighted by molar-refractivity contribution is 0.102. The highest BCUT2D eigenvalue weighted by molar-refractivity contribution is 6.04. The molecule has 0 aliphatic carbocycles. The van der Waals surface area contributed by atoms with Gasteiger partial charge in [-0.25, -0.2) is 9.37 Å². The van der Waals surface area contributed by atoms with Gasteiger partial charge in [-0.3, -0.25) is 4.79 Å². The molecule has 0 spiro atoms. The number of carbonyl (C=O) groups is 1. The third kappa shape index (κ3) is 4.85. The van der Waals surface area contributed by atoms with Crippen molar-refractivity contribution < 1.29 is 9.18 Å². The number of carbonyl (C=O) groups excluding carboxylic acids is 1. The van der Waals surface area contributed by atoms with E-state index in [1.165, 1.54) is 23.9 Å². The average Bonchev–Trinajstić information content (AvgIpc) is 2.71. The van der Waals surface area contributed by atoms with Gasteiger partial charge in [0.15, 0.2) is 0 Å². The van der Waals surface area contributed by atoms with Crippen LogP contribution in [0.3, 0.4) is 0 Å². The second-order valence-corrected chi connectivity index (χ2v) is 6.24. The second kappa shape index (κ2) is 8.99. The van der Waals surface area contributed by atoms with Gasteiger partial charge in [0.05, 0.1) is 11.9 Å². The zero-order chi connectivity index (χ0) is 19.9. The Balaban J connectivity index is 1.62. The molecule has 1 heterocycles. The Morgan fingerprint density at radius 2 is 1.71 bits per heavy atom. The van der Waals surface area contributed by atoms with Crippen LogP contribution in [0.2, 0.25) is 0 Å². The molecule has 0 fully saturated rings. The molecule has 0 unspecified atom stereocenters. The maximum Gasteiger partial charge on any atom is 0.255 e. The van der Waals surface area contributed by atoms with Crippen molar-refractivity contribution in [2.75, 3.05) is 28.6 Å². The van der Waals surface area contributed by atoms with Crippen LogP contribution in [0, 0.1) is 5.82 Å². The quantitative estimate of drug-likeness (QED) is 0.603. The number of anilines is 4. The molecule has 2 aromatic carbocycles. The van der Waals surface area contributed by atoms with Crippen LogP contribution in [0.1, 0.15) is 24.2 Å². The van der Waals surface area contributed by atoms with Gasteiger partial charge in [0.2, 0.25) is 0 Å². The van der Waals surface area contributed by atoms with Crippen LogP contribution in [0.5, 0.6) is 0 Å². The summed E-state index contributed by atoms with van der Waals surface area (Å²) in [6, 6.07) is 17.2. The molecule has 0 atom stereocenters. The third-order valence-electron chi connectivity index (χ3n) is 4.38. The molecule has 0 radical (unpaired) electrons. The Hall–Kier alpha value is -3.41. The predicted molar refractivity (Wildman–Crippen MR) is 112 cm³/mol. The summed E-state index contributed by atoms with van der Waals surface area (Å²) in [6.45, 7) is 6.20. The summed E-state index contributed by atoms with van der Waals surface area (Å²) in [4.78, 5) is 18.7. The molecule has 6 heteroatoms. The molecule has 144 valence electrons. The average molecular weight is 378 g/mol. The number of pyridine rings is 1. The largest absolute Gasteiger partial charge is 0.372 e. The normalized spacial score (nSPS) is 10.4. The molecule has 1 aromatic heterocycles. The smallest absolute Gasteiger partial charge is 0.255 e. The lowest BCUT2D eigenvalue weighted by Gasteiger charge is -2.21. The molecule has 0 saturated carbocycles. The predicted octanol–water partition coefficient (Wildman–Crippen LogP) is 5.06. The highest BCUT2D eigenvalue weighted by Gasteiger charge is 2.07. The molecule has 5 nitrogen and oxygen atoms in total. The first-order chi connectivity index (χ1) is 13.6. The number of nitrogens with zero attached hydrogens (tertiary/aromatic N) is 2. The van der Waals surface area contributed by atoms with E-state index in [4.69, 9.17) is 0 Å². The topological polar surface area (TPSA) is 57.3 Å². The fraction of sp³-hybridized carbons (Fsp3) is 0.182. The van der Waals surface area contributed by atoms with Crippen LogP contribution in [-0.2, 0) is 0 Å². The first kappa shape index (κ1) is 19.4. The molecule has 1 amide bonds. The van der Waals surface area contributed by atoms with Crippen molar-refractivity contribution >= 4 is 28.8 Å². The Morgan fingerprint density at radius 3 is 2.32 bits per heavy atom. The highest BCUT2D eigenvalue weighted by atomic mass is 19.1. The van der Waals surface area contributed by atoms with Crippen molar-refractivity contribution in [1.29, 1.82) is 0 Å². The monoisotopic (exact) mass is 378 g/mol. The molecule has 3 aromatic rings. The summed E-state index contributed by atoms with van der Waals surface area (Å²) >= 11 is 0. The Kier molecular flexibility index (Phi) is 6.22. The van der Waals surface area contributed by atoms with Gasteiger partial charge in [-0.2, -0.15) is 0 Å². The van der Waals surface area contributed by atoms with Crippen molar-refractivity contribution in [2.24, 2.45) is 0 Å². The van der Waals surface area contributed by atoms with E-state index in [0.717, 1.165) is 18.8 Å². The van der Waals surface area contributed by atoms with Gasteiger partial charge in [0.1, 0.15) is 11.6 Å². The zero-order valence-corrected chi connectivity index (χ0v) is 15.9.